The number of hydrogen-bond acceptors (Lipinski definition) is 3. The van der Waals surface area contributed by atoms with E-state index in [2.05, 4.69) is 12.2 Å². The van der Waals surface area contributed by atoms with Crippen molar-refractivity contribution in [3.05, 3.63) is 0 Å². The van der Waals surface area contributed by atoms with Crippen LogP contribution in [0.25, 0.3) is 0 Å². The number of esters is 1. The first kappa shape index (κ1) is 12.9. The first-order valence-corrected chi connectivity index (χ1v) is 7.19. The predicted octanol–water partition coefficient (Wildman–Crippen LogP) is 2.50. The average Bonchev–Trinajstić information content (AvgIpc) is 2.82. The SMILES string of the molecule is CCC1CCCCC1OC(=O)CC1CCNC1. The van der Waals surface area contributed by atoms with Gasteiger partial charge in [-0.1, -0.05) is 13.3 Å². The highest BCUT2D eigenvalue weighted by Gasteiger charge is 2.28. The van der Waals surface area contributed by atoms with Crippen LogP contribution in [0.5, 0.6) is 0 Å². The minimum atomic E-state index is 0.0315. The Morgan fingerprint density at radius 2 is 2.12 bits per heavy atom. The van der Waals surface area contributed by atoms with Crippen molar-refractivity contribution in [2.45, 2.75) is 58.0 Å². The van der Waals surface area contributed by atoms with Crippen LogP contribution in [0, 0.1) is 11.8 Å². The van der Waals surface area contributed by atoms with Gasteiger partial charge in [0.1, 0.15) is 6.10 Å². The van der Waals surface area contributed by atoms with E-state index in [1.54, 1.807) is 0 Å². The number of hydrogen-bond donors (Lipinski definition) is 1. The highest BCUT2D eigenvalue weighted by Crippen LogP contribution is 2.29. The third-order valence-corrected chi connectivity index (χ3v) is 4.26. The minimum Gasteiger partial charge on any atom is -0.462 e. The van der Waals surface area contributed by atoms with Crippen LogP contribution in [-0.2, 0) is 9.53 Å². The first-order valence-electron chi connectivity index (χ1n) is 7.19. The zero-order valence-corrected chi connectivity index (χ0v) is 10.9. The third kappa shape index (κ3) is 3.70. The fourth-order valence-corrected chi connectivity index (χ4v) is 3.14. The molecule has 3 unspecified atom stereocenters. The Hall–Kier alpha value is -0.570. The number of nitrogens with one attached hydrogen (secondary N) is 1. The normalized spacial score (nSPS) is 33.6. The van der Waals surface area contributed by atoms with Crippen LogP contribution in [0.3, 0.4) is 0 Å². The van der Waals surface area contributed by atoms with Gasteiger partial charge in [0.25, 0.3) is 0 Å². The summed E-state index contributed by atoms with van der Waals surface area (Å²) in [5.74, 6) is 1.14. The molecule has 2 rings (SSSR count). The molecule has 0 spiro atoms. The summed E-state index contributed by atoms with van der Waals surface area (Å²) in [5.41, 5.74) is 0. The van der Waals surface area contributed by atoms with E-state index in [0.29, 0.717) is 18.3 Å². The van der Waals surface area contributed by atoms with Crippen molar-refractivity contribution in [1.29, 1.82) is 0 Å². The zero-order chi connectivity index (χ0) is 12.1. The fraction of sp³-hybridized carbons (Fsp3) is 0.929. The van der Waals surface area contributed by atoms with Crippen LogP contribution >= 0.6 is 0 Å². The summed E-state index contributed by atoms with van der Waals surface area (Å²) in [6.07, 6.45) is 7.92. The molecule has 0 radical (unpaired) electrons. The molecule has 3 nitrogen and oxygen atoms in total. The van der Waals surface area contributed by atoms with E-state index < -0.39 is 0 Å². The van der Waals surface area contributed by atoms with E-state index in [9.17, 15) is 4.79 Å². The summed E-state index contributed by atoms with van der Waals surface area (Å²) in [7, 11) is 0. The summed E-state index contributed by atoms with van der Waals surface area (Å²) in [6.45, 7) is 4.24. The molecule has 1 saturated heterocycles. The molecule has 1 aliphatic heterocycles. The lowest BCUT2D eigenvalue weighted by molar-refractivity contribution is -0.154. The van der Waals surface area contributed by atoms with Gasteiger partial charge in [0.15, 0.2) is 0 Å². The second-order valence-corrected chi connectivity index (χ2v) is 5.54. The Kier molecular flexibility index (Phi) is 4.84. The Morgan fingerprint density at radius 3 is 2.82 bits per heavy atom. The summed E-state index contributed by atoms with van der Waals surface area (Å²) >= 11 is 0. The molecule has 1 aliphatic carbocycles. The number of rotatable bonds is 4. The maximum absolute atomic E-state index is 11.9. The standard InChI is InChI=1S/C14H25NO2/c1-2-12-5-3-4-6-13(12)17-14(16)9-11-7-8-15-10-11/h11-13,15H,2-10H2,1H3. The Balaban J connectivity index is 1.75. The Morgan fingerprint density at radius 1 is 1.29 bits per heavy atom. The second kappa shape index (κ2) is 6.39. The fourth-order valence-electron chi connectivity index (χ4n) is 3.14. The van der Waals surface area contributed by atoms with Crippen LogP contribution in [0.15, 0.2) is 0 Å². The van der Waals surface area contributed by atoms with Gasteiger partial charge >= 0.3 is 5.97 Å². The van der Waals surface area contributed by atoms with E-state index in [4.69, 9.17) is 4.74 Å². The molecule has 0 aromatic heterocycles. The summed E-state index contributed by atoms with van der Waals surface area (Å²) in [4.78, 5) is 11.9. The van der Waals surface area contributed by atoms with E-state index in [1.807, 2.05) is 0 Å². The molecule has 2 aliphatic rings. The molecule has 2 fully saturated rings. The van der Waals surface area contributed by atoms with Gasteiger partial charge in [-0.2, -0.15) is 0 Å². The van der Waals surface area contributed by atoms with Crippen LogP contribution in [-0.4, -0.2) is 25.2 Å². The van der Waals surface area contributed by atoms with Gasteiger partial charge in [0.05, 0.1) is 0 Å². The molecule has 3 heteroatoms. The zero-order valence-electron chi connectivity index (χ0n) is 10.9. The maximum atomic E-state index is 11.9. The van der Waals surface area contributed by atoms with Gasteiger partial charge in [0.2, 0.25) is 0 Å². The molecule has 0 amide bonds. The maximum Gasteiger partial charge on any atom is 0.306 e. The minimum absolute atomic E-state index is 0.0315. The number of carbonyl (C=O) groups is 1. The van der Waals surface area contributed by atoms with Crippen LogP contribution in [0.2, 0.25) is 0 Å². The van der Waals surface area contributed by atoms with Crippen molar-refractivity contribution in [1.82, 2.24) is 5.32 Å². The Bertz CT molecular complexity index is 249. The van der Waals surface area contributed by atoms with E-state index >= 15 is 0 Å². The lowest BCUT2D eigenvalue weighted by atomic mass is 9.85. The predicted molar refractivity (Wildman–Crippen MR) is 67.7 cm³/mol. The van der Waals surface area contributed by atoms with Gasteiger partial charge in [-0.05, 0) is 57.0 Å². The number of carbonyl (C=O) groups excluding carboxylic acids is 1. The molecule has 3 atom stereocenters. The lowest BCUT2D eigenvalue weighted by Gasteiger charge is -2.30. The monoisotopic (exact) mass is 239 g/mol. The first-order chi connectivity index (χ1) is 8.29. The quantitative estimate of drug-likeness (QED) is 0.766. The van der Waals surface area contributed by atoms with Crippen LogP contribution in [0.4, 0.5) is 0 Å². The molecular weight excluding hydrogens is 214 g/mol. The van der Waals surface area contributed by atoms with Crippen molar-refractivity contribution in [2.75, 3.05) is 13.1 Å². The highest BCUT2D eigenvalue weighted by atomic mass is 16.5. The van der Waals surface area contributed by atoms with Crippen LogP contribution in [0.1, 0.15) is 51.9 Å². The molecule has 0 aromatic rings. The van der Waals surface area contributed by atoms with Crippen molar-refractivity contribution >= 4 is 5.97 Å². The molecule has 98 valence electrons. The summed E-state index contributed by atoms with van der Waals surface area (Å²) in [5, 5.41) is 3.29. The molecular formula is C14H25NO2. The summed E-state index contributed by atoms with van der Waals surface area (Å²) in [6, 6.07) is 0. The third-order valence-electron chi connectivity index (χ3n) is 4.26. The van der Waals surface area contributed by atoms with Gasteiger partial charge in [-0.25, -0.2) is 0 Å². The smallest absolute Gasteiger partial charge is 0.306 e. The Labute approximate surface area is 104 Å². The second-order valence-electron chi connectivity index (χ2n) is 5.54. The van der Waals surface area contributed by atoms with Crippen molar-refractivity contribution in [3.8, 4) is 0 Å². The molecule has 0 bridgehead atoms. The number of ether oxygens (including phenoxy) is 1. The van der Waals surface area contributed by atoms with Crippen molar-refractivity contribution in [2.24, 2.45) is 11.8 Å². The molecule has 1 heterocycles. The van der Waals surface area contributed by atoms with Gasteiger partial charge in [-0.15, -0.1) is 0 Å². The molecule has 0 aromatic carbocycles. The highest BCUT2D eigenvalue weighted by molar-refractivity contribution is 5.70. The van der Waals surface area contributed by atoms with E-state index in [-0.39, 0.29) is 12.1 Å². The largest absolute Gasteiger partial charge is 0.462 e. The van der Waals surface area contributed by atoms with E-state index in [0.717, 1.165) is 32.4 Å². The molecule has 1 N–H and O–H groups in total. The van der Waals surface area contributed by atoms with E-state index in [1.165, 1.54) is 19.3 Å². The topological polar surface area (TPSA) is 38.3 Å². The molecule has 1 saturated carbocycles. The van der Waals surface area contributed by atoms with Gasteiger partial charge < -0.3 is 10.1 Å². The van der Waals surface area contributed by atoms with Crippen molar-refractivity contribution < 1.29 is 9.53 Å². The van der Waals surface area contributed by atoms with Crippen molar-refractivity contribution in [3.63, 3.8) is 0 Å². The molecule has 17 heavy (non-hydrogen) atoms. The van der Waals surface area contributed by atoms with Crippen LogP contribution < -0.4 is 5.32 Å². The summed E-state index contributed by atoms with van der Waals surface area (Å²) < 4.78 is 5.69. The van der Waals surface area contributed by atoms with Gasteiger partial charge in [-0.3, -0.25) is 4.79 Å². The average molecular weight is 239 g/mol. The van der Waals surface area contributed by atoms with Gasteiger partial charge in [0, 0.05) is 6.42 Å². The lowest BCUT2D eigenvalue weighted by Crippen LogP contribution is -2.30.